The topological polar surface area (TPSA) is 74.3 Å². The van der Waals surface area contributed by atoms with Crippen LogP contribution in [0.2, 0.25) is 5.02 Å². The molecule has 0 aliphatic heterocycles. The number of hydrogen-bond donors (Lipinski definition) is 2. The van der Waals surface area contributed by atoms with Crippen molar-refractivity contribution in [3.63, 3.8) is 0 Å². The van der Waals surface area contributed by atoms with Crippen molar-refractivity contribution in [1.82, 2.24) is 15.2 Å². The summed E-state index contributed by atoms with van der Waals surface area (Å²) in [6, 6.07) is 7.69. The number of halogens is 2. The molecule has 0 radical (unpaired) electrons. The van der Waals surface area contributed by atoms with Crippen LogP contribution in [0.3, 0.4) is 0 Å². The fraction of sp³-hybridized carbons (Fsp3) is 0.381. The van der Waals surface area contributed by atoms with Crippen molar-refractivity contribution in [2.24, 2.45) is 0 Å². The summed E-state index contributed by atoms with van der Waals surface area (Å²) in [6.07, 6.45) is 4.98. The molecule has 1 aromatic heterocycles. The van der Waals surface area contributed by atoms with Crippen molar-refractivity contribution in [2.45, 2.75) is 37.8 Å². The second kappa shape index (κ2) is 9.22. The van der Waals surface area contributed by atoms with Crippen LogP contribution in [-0.2, 0) is 0 Å². The van der Waals surface area contributed by atoms with Crippen LogP contribution in [0.4, 0.5) is 10.2 Å². The number of nitrogens with zero attached hydrogens (tertiary/aromatic N) is 2. The number of pyridine rings is 1. The third-order valence-corrected chi connectivity index (χ3v) is 5.30. The molecule has 6 nitrogen and oxygen atoms in total. The molecule has 1 fully saturated rings. The Bertz CT molecular complexity index is 898. The standard InChI is InChI=1S/C21H24ClFN4O2/c1-27(2)21(29)14-9-10-24-19(12-14)25-15-4-6-16(7-5-15)26-20(28)13-3-8-18(23)17(22)11-13/h3,8-12,15-16H,4-7H2,1-2H3,(H,24,25)(H,26,28). The van der Waals surface area contributed by atoms with E-state index in [2.05, 4.69) is 15.6 Å². The molecule has 1 aliphatic rings. The van der Waals surface area contributed by atoms with Gasteiger partial charge < -0.3 is 15.5 Å². The van der Waals surface area contributed by atoms with E-state index < -0.39 is 5.82 Å². The molecule has 2 amide bonds. The molecule has 1 heterocycles. The maximum absolute atomic E-state index is 13.3. The number of anilines is 1. The van der Waals surface area contributed by atoms with Gasteiger partial charge in [0.25, 0.3) is 11.8 Å². The number of nitrogens with one attached hydrogen (secondary N) is 2. The smallest absolute Gasteiger partial charge is 0.253 e. The van der Waals surface area contributed by atoms with Crippen LogP contribution in [0.25, 0.3) is 0 Å². The summed E-state index contributed by atoms with van der Waals surface area (Å²) in [4.78, 5) is 30.3. The molecule has 154 valence electrons. The molecule has 0 spiro atoms. The zero-order valence-corrected chi connectivity index (χ0v) is 17.2. The SMILES string of the molecule is CN(C)C(=O)c1ccnc(NC2CCC(NC(=O)c3ccc(F)c(Cl)c3)CC2)c1. The summed E-state index contributed by atoms with van der Waals surface area (Å²) in [5, 5.41) is 6.31. The maximum Gasteiger partial charge on any atom is 0.253 e. The number of aromatic nitrogens is 1. The third-order valence-electron chi connectivity index (χ3n) is 5.01. The van der Waals surface area contributed by atoms with E-state index in [9.17, 15) is 14.0 Å². The highest BCUT2D eigenvalue weighted by Gasteiger charge is 2.23. The highest BCUT2D eigenvalue weighted by atomic mass is 35.5. The van der Waals surface area contributed by atoms with Gasteiger partial charge in [-0.25, -0.2) is 9.37 Å². The Morgan fingerprint density at radius 1 is 1.07 bits per heavy atom. The van der Waals surface area contributed by atoms with Crippen LogP contribution in [-0.4, -0.2) is 47.9 Å². The minimum Gasteiger partial charge on any atom is -0.367 e. The Morgan fingerprint density at radius 3 is 2.41 bits per heavy atom. The van der Waals surface area contributed by atoms with Crippen molar-refractivity contribution < 1.29 is 14.0 Å². The molecule has 2 N–H and O–H groups in total. The van der Waals surface area contributed by atoms with E-state index in [4.69, 9.17) is 11.6 Å². The minimum absolute atomic E-state index is 0.0546. The monoisotopic (exact) mass is 418 g/mol. The Hall–Kier alpha value is -2.67. The Kier molecular flexibility index (Phi) is 6.69. The van der Waals surface area contributed by atoms with Gasteiger partial charge in [0, 0.05) is 43.5 Å². The maximum atomic E-state index is 13.3. The van der Waals surface area contributed by atoms with Crippen molar-refractivity contribution in [1.29, 1.82) is 0 Å². The molecule has 1 saturated carbocycles. The lowest BCUT2D eigenvalue weighted by Gasteiger charge is -2.30. The van der Waals surface area contributed by atoms with Gasteiger partial charge in [-0.3, -0.25) is 9.59 Å². The Balaban J connectivity index is 1.52. The van der Waals surface area contributed by atoms with E-state index in [0.717, 1.165) is 25.7 Å². The van der Waals surface area contributed by atoms with Gasteiger partial charge in [-0.05, 0) is 56.0 Å². The first-order valence-electron chi connectivity index (χ1n) is 9.53. The lowest BCUT2D eigenvalue weighted by atomic mass is 9.91. The molecule has 8 heteroatoms. The number of hydrogen-bond acceptors (Lipinski definition) is 4. The van der Waals surface area contributed by atoms with Crippen molar-refractivity contribution >= 4 is 29.2 Å². The van der Waals surface area contributed by atoms with Crippen molar-refractivity contribution in [3.8, 4) is 0 Å². The molecule has 29 heavy (non-hydrogen) atoms. The van der Waals surface area contributed by atoms with Crippen LogP contribution in [0, 0.1) is 5.82 Å². The van der Waals surface area contributed by atoms with E-state index in [1.807, 2.05) is 0 Å². The largest absolute Gasteiger partial charge is 0.367 e. The fourth-order valence-corrected chi connectivity index (χ4v) is 3.58. The zero-order valence-electron chi connectivity index (χ0n) is 16.4. The third kappa shape index (κ3) is 5.44. The van der Waals surface area contributed by atoms with E-state index in [1.165, 1.54) is 23.1 Å². The highest BCUT2D eigenvalue weighted by Crippen LogP contribution is 2.23. The first-order valence-corrected chi connectivity index (χ1v) is 9.91. The van der Waals surface area contributed by atoms with Gasteiger partial charge in [0.15, 0.2) is 0 Å². The van der Waals surface area contributed by atoms with Crippen molar-refractivity contribution in [3.05, 3.63) is 58.5 Å². The van der Waals surface area contributed by atoms with Gasteiger partial charge in [-0.2, -0.15) is 0 Å². The second-order valence-electron chi connectivity index (χ2n) is 7.42. The number of carbonyl (C=O) groups excluding carboxylic acids is 2. The Morgan fingerprint density at radius 2 is 1.76 bits per heavy atom. The normalized spacial score (nSPS) is 18.8. The summed E-state index contributed by atoms with van der Waals surface area (Å²) in [7, 11) is 3.43. The molecule has 1 aliphatic carbocycles. The first kappa shape index (κ1) is 21.0. The fourth-order valence-electron chi connectivity index (χ4n) is 3.40. The van der Waals surface area contributed by atoms with Crippen LogP contribution in [0.1, 0.15) is 46.4 Å². The first-order chi connectivity index (χ1) is 13.8. The molecule has 2 aromatic rings. The van der Waals surface area contributed by atoms with E-state index in [-0.39, 0.29) is 28.9 Å². The van der Waals surface area contributed by atoms with Gasteiger partial charge in [-0.15, -0.1) is 0 Å². The van der Waals surface area contributed by atoms with Gasteiger partial charge in [-0.1, -0.05) is 11.6 Å². The quantitative estimate of drug-likeness (QED) is 0.775. The van der Waals surface area contributed by atoms with Crippen LogP contribution >= 0.6 is 11.6 Å². The lowest BCUT2D eigenvalue weighted by molar-refractivity contribution is 0.0827. The van der Waals surface area contributed by atoms with E-state index in [1.54, 1.807) is 32.4 Å². The number of amides is 2. The summed E-state index contributed by atoms with van der Waals surface area (Å²) in [5.41, 5.74) is 0.939. The zero-order chi connectivity index (χ0) is 21.0. The summed E-state index contributed by atoms with van der Waals surface area (Å²) in [5.74, 6) is -0.187. The molecular weight excluding hydrogens is 395 g/mol. The predicted molar refractivity (Wildman–Crippen MR) is 111 cm³/mol. The van der Waals surface area contributed by atoms with Gasteiger partial charge in [0.2, 0.25) is 0 Å². The predicted octanol–water partition coefficient (Wildman–Crippen LogP) is 3.73. The average Bonchev–Trinajstić information content (AvgIpc) is 2.71. The van der Waals surface area contributed by atoms with Crippen molar-refractivity contribution in [2.75, 3.05) is 19.4 Å². The lowest BCUT2D eigenvalue weighted by Crippen LogP contribution is -2.40. The van der Waals surface area contributed by atoms with Gasteiger partial charge in [0.1, 0.15) is 11.6 Å². The van der Waals surface area contributed by atoms with Gasteiger partial charge in [0.05, 0.1) is 5.02 Å². The van der Waals surface area contributed by atoms with Gasteiger partial charge >= 0.3 is 0 Å². The van der Waals surface area contributed by atoms with Crippen LogP contribution in [0.5, 0.6) is 0 Å². The molecule has 0 bridgehead atoms. The molecule has 3 rings (SSSR count). The number of carbonyl (C=O) groups is 2. The molecule has 0 unspecified atom stereocenters. The van der Waals surface area contributed by atoms with E-state index in [0.29, 0.717) is 16.9 Å². The molecule has 0 atom stereocenters. The van der Waals surface area contributed by atoms with Crippen LogP contribution in [0.15, 0.2) is 36.5 Å². The summed E-state index contributed by atoms with van der Waals surface area (Å²) < 4.78 is 13.3. The average molecular weight is 419 g/mol. The molecular formula is C21H24ClFN4O2. The summed E-state index contributed by atoms with van der Waals surface area (Å²) >= 11 is 5.75. The Labute approximate surface area is 174 Å². The highest BCUT2D eigenvalue weighted by molar-refractivity contribution is 6.31. The second-order valence-corrected chi connectivity index (χ2v) is 7.83. The number of benzene rings is 1. The number of rotatable bonds is 5. The molecule has 1 aromatic carbocycles. The molecule has 0 saturated heterocycles. The van der Waals surface area contributed by atoms with Crippen LogP contribution < -0.4 is 10.6 Å². The van der Waals surface area contributed by atoms with E-state index >= 15 is 0 Å². The summed E-state index contributed by atoms with van der Waals surface area (Å²) in [6.45, 7) is 0. The minimum atomic E-state index is -0.542.